The maximum absolute atomic E-state index is 13.7. The molecule has 0 saturated heterocycles. The van der Waals surface area contributed by atoms with Gasteiger partial charge in [0, 0.05) is 18.5 Å². The number of rotatable bonds is 8. The highest BCUT2D eigenvalue weighted by molar-refractivity contribution is 6.42. The molecule has 0 radical (unpaired) electrons. The van der Waals surface area contributed by atoms with E-state index in [1.807, 2.05) is 51.1 Å². The van der Waals surface area contributed by atoms with E-state index in [1.165, 1.54) is 12.1 Å². The number of hydrogen-bond acceptors (Lipinski definition) is 2. The van der Waals surface area contributed by atoms with Gasteiger partial charge in [-0.2, -0.15) is 0 Å². The lowest BCUT2D eigenvalue weighted by Crippen LogP contribution is -2.54. The molecule has 1 atom stereocenters. The Hall–Kier alpha value is -2.89. The summed E-state index contributed by atoms with van der Waals surface area (Å²) in [6.07, 6.45) is 0.364. The fraction of sp³-hybridized carbons (Fsp3) is 0.286. The molecule has 3 aromatic rings. The van der Waals surface area contributed by atoms with Crippen molar-refractivity contribution in [2.75, 3.05) is 0 Å². The molecule has 0 bridgehead atoms. The molecule has 2 amide bonds. The van der Waals surface area contributed by atoms with Crippen molar-refractivity contribution in [1.82, 2.24) is 10.2 Å². The van der Waals surface area contributed by atoms with Crippen molar-refractivity contribution in [3.8, 4) is 0 Å². The zero-order valence-corrected chi connectivity index (χ0v) is 21.5. The highest BCUT2D eigenvalue weighted by atomic mass is 35.5. The van der Waals surface area contributed by atoms with Crippen molar-refractivity contribution in [1.29, 1.82) is 0 Å². The SMILES string of the molecule is CC(C)(C)NC(=O)[C@H](Cc1ccccc1)N(Cc1ccc(F)cc1)C(=O)Cc1ccc(Cl)c(Cl)c1. The van der Waals surface area contributed by atoms with E-state index in [1.54, 1.807) is 35.2 Å². The number of carbonyl (C=O) groups excluding carboxylic acids is 2. The Kier molecular flexibility index (Phi) is 8.92. The van der Waals surface area contributed by atoms with E-state index >= 15 is 0 Å². The molecule has 0 aliphatic heterocycles. The van der Waals surface area contributed by atoms with Gasteiger partial charge < -0.3 is 10.2 Å². The molecule has 3 aromatic carbocycles. The molecule has 1 N–H and O–H groups in total. The smallest absolute Gasteiger partial charge is 0.243 e. The summed E-state index contributed by atoms with van der Waals surface area (Å²) in [5.74, 6) is -0.877. The van der Waals surface area contributed by atoms with Crippen LogP contribution in [0, 0.1) is 5.82 Å². The molecule has 7 heteroatoms. The summed E-state index contributed by atoms with van der Waals surface area (Å²) in [4.78, 5) is 28.7. The van der Waals surface area contributed by atoms with Crippen LogP contribution in [0.3, 0.4) is 0 Å². The molecule has 0 spiro atoms. The molecule has 4 nitrogen and oxygen atoms in total. The first-order valence-corrected chi connectivity index (χ1v) is 12.1. The normalized spacial score (nSPS) is 12.2. The molecule has 0 heterocycles. The van der Waals surface area contributed by atoms with Crippen molar-refractivity contribution in [3.05, 3.63) is 105 Å². The minimum absolute atomic E-state index is 0.0339. The highest BCUT2D eigenvalue weighted by Gasteiger charge is 2.32. The van der Waals surface area contributed by atoms with Gasteiger partial charge in [0.2, 0.25) is 11.8 Å². The van der Waals surface area contributed by atoms with Gasteiger partial charge in [-0.05, 0) is 61.7 Å². The Bertz CT molecular complexity index is 1160. The molecule has 0 aliphatic rings. The van der Waals surface area contributed by atoms with Crippen LogP contribution >= 0.6 is 23.2 Å². The van der Waals surface area contributed by atoms with Crippen molar-refractivity contribution >= 4 is 35.0 Å². The third-order valence-corrected chi connectivity index (χ3v) is 6.11. The largest absolute Gasteiger partial charge is 0.350 e. The van der Waals surface area contributed by atoms with Crippen molar-refractivity contribution in [2.24, 2.45) is 0 Å². The van der Waals surface area contributed by atoms with Crippen molar-refractivity contribution < 1.29 is 14.0 Å². The van der Waals surface area contributed by atoms with Gasteiger partial charge >= 0.3 is 0 Å². The molecule has 0 saturated carbocycles. The lowest BCUT2D eigenvalue weighted by molar-refractivity contribution is -0.141. The second-order valence-corrected chi connectivity index (χ2v) is 10.3. The van der Waals surface area contributed by atoms with Gasteiger partial charge in [0.1, 0.15) is 11.9 Å². The minimum Gasteiger partial charge on any atom is -0.350 e. The van der Waals surface area contributed by atoms with E-state index in [-0.39, 0.29) is 30.6 Å². The highest BCUT2D eigenvalue weighted by Crippen LogP contribution is 2.24. The fourth-order valence-electron chi connectivity index (χ4n) is 3.72. The summed E-state index contributed by atoms with van der Waals surface area (Å²) < 4.78 is 13.5. The molecule has 35 heavy (non-hydrogen) atoms. The number of nitrogens with one attached hydrogen (secondary N) is 1. The van der Waals surface area contributed by atoms with Gasteiger partial charge in [0.05, 0.1) is 16.5 Å². The summed E-state index contributed by atoms with van der Waals surface area (Å²) in [5.41, 5.74) is 1.84. The second kappa shape index (κ2) is 11.7. The van der Waals surface area contributed by atoms with Gasteiger partial charge in [0.15, 0.2) is 0 Å². The predicted molar refractivity (Wildman–Crippen MR) is 139 cm³/mol. The number of benzene rings is 3. The van der Waals surface area contributed by atoms with Gasteiger partial charge in [-0.1, -0.05) is 71.7 Å². The molecule has 3 rings (SSSR count). The quantitative estimate of drug-likeness (QED) is 0.387. The fourth-order valence-corrected chi connectivity index (χ4v) is 4.04. The molecule has 184 valence electrons. The van der Waals surface area contributed by atoms with Crippen LogP contribution in [0.15, 0.2) is 72.8 Å². The lowest BCUT2D eigenvalue weighted by atomic mass is 10.00. The first kappa shape index (κ1) is 26.7. The number of hydrogen-bond donors (Lipinski definition) is 1. The van der Waals surface area contributed by atoms with Crippen LogP contribution in [0.1, 0.15) is 37.5 Å². The average Bonchev–Trinajstić information content (AvgIpc) is 2.79. The van der Waals surface area contributed by atoms with Crippen LogP contribution in [0.5, 0.6) is 0 Å². The first-order valence-electron chi connectivity index (χ1n) is 11.4. The van der Waals surface area contributed by atoms with Crippen LogP contribution in [0.2, 0.25) is 10.0 Å². The maximum Gasteiger partial charge on any atom is 0.243 e. The van der Waals surface area contributed by atoms with E-state index in [0.717, 1.165) is 11.1 Å². The second-order valence-electron chi connectivity index (χ2n) is 9.52. The van der Waals surface area contributed by atoms with E-state index in [9.17, 15) is 14.0 Å². The maximum atomic E-state index is 13.7. The van der Waals surface area contributed by atoms with Crippen LogP contribution in [-0.4, -0.2) is 28.3 Å². The number of halogens is 3. The molecule has 0 fully saturated rings. The Labute approximate surface area is 216 Å². The third-order valence-electron chi connectivity index (χ3n) is 5.37. The summed E-state index contributed by atoms with van der Waals surface area (Å²) in [6, 6.07) is 19.7. The van der Waals surface area contributed by atoms with E-state index in [0.29, 0.717) is 22.0 Å². The average molecular weight is 515 g/mol. The Morgan fingerprint density at radius 2 is 1.51 bits per heavy atom. The van der Waals surface area contributed by atoms with Crippen molar-refractivity contribution in [2.45, 2.75) is 51.7 Å². The van der Waals surface area contributed by atoms with Crippen LogP contribution < -0.4 is 5.32 Å². The number of nitrogens with zero attached hydrogens (tertiary/aromatic N) is 1. The monoisotopic (exact) mass is 514 g/mol. The first-order chi connectivity index (χ1) is 16.5. The summed E-state index contributed by atoms with van der Waals surface area (Å²) in [7, 11) is 0. The van der Waals surface area contributed by atoms with E-state index in [2.05, 4.69) is 5.32 Å². The standard InChI is InChI=1S/C28H29Cl2FN2O2/c1-28(2,3)32-27(35)25(16-19-7-5-4-6-8-19)33(18-20-9-12-22(31)13-10-20)26(34)17-21-11-14-23(29)24(30)15-21/h4-15,25H,16-18H2,1-3H3,(H,32,35)/t25-/m0/s1. The Morgan fingerprint density at radius 3 is 2.11 bits per heavy atom. The summed E-state index contributed by atoms with van der Waals surface area (Å²) in [5, 5.41) is 3.77. The molecule has 0 unspecified atom stereocenters. The van der Waals surface area contributed by atoms with Crippen LogP contribution in [0.25, 0.3) is 0 Å². The van der Waals surface area contributed by atoms with Crippen LogP contribution in [-0.2, 0) is 29.0 Å². The zero-order chi connectivity index (χ0) is 25.6. The van der Waals surface area contributed by atoms with Gasteiger partial charge in [-0.25, -0.2) is 4.39 Å². The minimum atomic E-state index is -0.781. The van der Waals surface area contributed by atoms with Crippen LogP contribution in [0.4, 0.5) is 4.39 Å². The Morgan fingerprint density at radius 1 is 0.886 bits per heavy atom. The lowest BCUT2D eigenvalue weighted by Gasteiger charge is -2.34. The van der Waals surface area contributed by atoms with Gasteiger partial charge in [-0.15, -0.1) is 0 Å². The molecular weight excluding hydrogens is 486 g/mol. The van der Waals surface area contributed by atoms with Gasteiger partial charge in [0.25, 0.3) is 0 Å². The summed E-state index contributed by atoms with van der Waals surface area (Å²) in [6.45, 7) is 5.83. The third kappa shape index (κ3) is 8.08. The molecule has 0 aliphatic carbocycles. The summed E-state index contributed by atoms with van der Waals surface area (Å²) >= 11 is 12.2. The van der Waals surface area contributed by atoms with Gasteiger partial charge in [-0.3, -0.25) is 9.59 Å². The zero-order valence-electron chi connectivity index (χ0n) is 20.0. The molecular formula is C28H29Cl2FN2O2. The Balaban J connectivity index is 1.99. The predicted octanol–water partition coefficient (Wildman–Crippen LogP) is 6.23. The van der Waals surface area contributed by atoms with Crippen molar-refractivity contribution in [3.63, 3.8) is 0 Å². The molecule has 0 aromatic heterocycles. The number of amides is 2. The number of carbonyl (C=O) groups is 2. The van der Waals surface area contributed by atoms with E-state index < -0.39 is 11.6 Å². The van der Waals surface area contributed by atoms with E-state index in [4.69, 9.17) is 23.2 Å². The topological polar surface area (TPSA) is 49.4 Å².